The molecule has 2 aromatic rings. The molecule has 1 aliphatic rings. The van der Waals surface area contributed by atoms with Gasteiger partial charge in [-0.05, 0) is 31.4 Å². The number of anilines is 1. The lowest BCUT2D eigenvalue weighted by Crippen LogP contribution is -2.40. The van der Waals surface area contributed by atoms with Crippen molar-refractivity contribution in [3.63, 3.8) is 0 Å². The van der Waals surface area contributed by atoms with Crippen LogP contribution in [0.15, 0.2) is 42.5 Å². The number of carbonyl (C=O) groups is 1. The fraction of sp³-hybridized carbons (Fsp3) is 0.435. The number of nitrogens with one attached hydrogen (secondary N) is 1. The van der Waals surface area contributed by atoms with Gasteiger partial charge in [0.1, 0.15) is 17.2 Å². The van der Waals surface area contributed by atoms with E-state index in [0.717, 1.165) is 24.9 Å². The summed E-state index contributed by atoms with van der Waals surface area (Å²) in [6.07, 6.45) is 3.15. The van der Waals surface area contributed by atoms with Crippen LogP contribution >= 0.6 is 0 Å². The molecule has 1 saturated heterocycles. The Kier molecular flexibility index (Phi) is 7.22. The molecule has 6 heteroatoms. The normalized spacial score (nSPS) is 15.8. The number of hydrogen-bond donors (Lipinski definition) is 1. The molecular weight excluding hydrogens is 368 g/mol. The fourth-order valence-electron chi connectivity index (χ4n) is 3.89. The predicted octanol–water partition coefficient (Wildman–Crippen LogP) is 3.43. The summed E-state index contributed by atoms with van der Waals surface area (Å²) in [7, 11) is 4.81. The highest BCUT2D eigenvalue weighted by Crippen LogP contribution is 2.34. The third kappa shape index (κ3) is 5.13. The Morgan fingerprint density at radius 1 is 1.07 bits per heavy atom. The Bertz CT molecular complexity index is 785. The summed E-state index contributed by atoms with van der Waals surface area (Å²) in [5.74, 6) is 2.03. The van der Waals surface area contributed by atoms with Gasteiger partial charge in [-0.25, -0.2) is 0 Å². The Hall–Kier alpha value is -2.89. The van der Waals surface area contributed by atoms with Gasteiger partial charge in [0, 0.05) is 48.9 Å². The van der Waals surface area contributed by atoms with Crippen LogP contribution < -0.4 is 24.4 Å². The van der Waals surface area contributed by atoms with Crippen molar-refractivity contribution in [3.8, 4) is 17.2 Å². The molecule has 0 aliphatic carbocycles. The molecule has 0 bridgehead atoms. The van der Waals surface area contributed by atoms with E-state index in [9.17, 15) is 4.79 Å². The van der Waals surface area contributed by atoms with Crippen LogP contribution in [0.4, 0.5) is 5.69 Å². The SMILES string of the molecule is COc1cc(OC)c(CCC(=O)NC[C@@H]2CCCN2c2ccccc2)c(OC)c1. The minimum absolute atomic E-state index is 0.0323. The number of methoxy groups -OCH3 is 3. The lowest BCUT2D eigenvalue weighted by molar-refractivity contribution is -0.121. The highest BCUT2D eigenvalue weighted by molar-refractivity contribution is 5.76. The monoisotopic (exact) mass is 398 g/mol. The van der Waals surface area contributed by atoms with Gasteiger partial charge in [-0.2, -0.15) is 0 Å². The van der Waals surface area contributed by atoms with Crippen molar-refractivity contribution >= 4 is 11.6 Å². The van der Waals surface area contributed by atoms with E-state index in [4.69, 9.17) is 14.2 Å². The van der Waals surface area contributed by atoms with E-state index in [2.05, 4.69) is 34.5 Å². The van der Waals surface area contributed by atoms with Crippen LogP contribution in [0, 0.1) is 0 Å². The molecule has 1 fully saturated rings. The van der Waals surface area contributed by atoms with Gasteiger partial charge >= 0.3 is 0 Å². The Balaban J connectivity index is 1.56. The van der Waals surface area contributed by atoms with E-state index in [1.165, 1.54) is 5.69 Å². The van der Waals surface area contributed by atoms with Crippen LogP contribution in [0.1, 0.15) is 24.8 Å². The van der Waals surface area contributed by atoms with E-state index in [1.54, 1.807) is 21.3 Å². The van der Waals surface area contributed by atoms with Gasteiger partial charge in [0.2, 0.25) is 5.91 Å². The molecule has 1 atom stereocenters. The highest BCUT2D eigenvalue weighted by atomic mass is 16.5. The molecular formula is C23H30N2O4. The second-order valence-electron chi connectivity index (χ2n) is 7.14. The van der Waals surface area contributed by atoms with Crippen molar-refractivity contribution in [1.82, 2.24) is 5.32 Å². The molecule has 1 amide bonds. The van der Waals surface area contributed by atoms with E-state index in [-0.39, 0.29) is 5.91 Å². The first-order valence-electron chi connectivity index (χ1n) is 10.0. The summed E-state index contributed by atoms with van der Waals surface area (Å²) in [6.45, 7) is 1.69. The third-order valence-electron chi connectivity index (χ3n) is 5.42. The molecule has 0 aromatic heterocycles. The first kappa shape index (κ1) is 20.8. The van der Waals surface area contributed by atoms with Crippen LogP contribution in [0.25, 0.3) is 0 Å². The summed E-state index contributed by atoms with van der Waals surface area (Å²) in [5.41, 5.74) is 2.09. The average Bonchev–Trinajstić information content (AvgIpc) is 3.24. The minimum atomic E-state index is 0.0323. The maximum atomic E-state index is 12.5. The first-order chi connectivity index (χ1) is 14.2. The van der Waals surface area contributed by atoms with Gasteiger partial charge in [0.05, 0.1) is 21.3 Å². The van der Waals surface area contributed by atoms with Crippen LogP contribution in [0.3, 0.4) is 0 Å². The minimum Gasteiger partial charge on any atom is -0.496 e. The average molecular weight is 399 g/mol. The summed E-state index contributed by atoms with van der Waals surface area (Å²) < 4.78 is 16.2. The molecule has 156 valence electrons. The smallest absolute Gasteiger partial charge is 0.220 e. The molecule has 1 N–H and O–H groups in total. The zero-order valence-corrected chi connectivity index (χ0v) is 17.4. The number of para-hydroxylation sites is 1. The molecule has 2 aromatic carbocycles. The molecule has 0 unspecified atom stereocenters. The lowest BCUT2D eigenvalue weighted by atomic mass is 10.1. The topological polar surface area (TPSA) is 60.0 Å². The van der Waals surface area contributed by atoms with E-state index >= 15 is 0 Å². The quantitative estimate of drug-likeness (QED) is 0.701. The van der Waals surface area contributed by atoms with Gasteiger partial charge in [0.25, 0.3) is 0 Å². The van der Waals surface area contributed by atoms with Gasteiger partial charge in [-0.1, -0.05) is 18.2 Å². The Labute approximate surface area is 172 Å². The summed E-state index contributed by atoms with van der Waals surface area (Å²) >= 11 is 0. The maximum Gasteiger partial charge on any atom is 0.220 e. The van der Waals surface area contributed by atoms with Crippen molar-refractivity contribution in [2.24, 2.45) is 0 Å². The molecule has 0 spiro atoms. The van der Waals surface area contributed by atoms with Crippen molar-refractivity contribution in [2.75, 3.05) is 39.3 Å². The van der Waals surface area contributed by atoms with Crippen molar-refractivity contribution in [1.29, 1.82) is 0 Å². The molecule has 0 radical (unpaired) electrons. The molecule has 1 aliphatic heterocycles. The van der Waals surface area contributed by atoms with Crippen molar-refractivity contribution < 1.29 is 19.0 Å². The second kappa shape index (κ2) is 10.0. The molecule has 3 rings (SSSR count). The Morgan fingerprint density at radius 2 is 1.76 bits per heavy atom. The largest absolute Gasteiger partial charge is 0.496 e. The van der Waals surface area contributed by atoms with Crippen LogP contribution in [-0.2, 0) is 11.2 Å². The van der Waals surface area contributed by atoms with Crippen LogP contribution in [0.2, 0.25) is 0 Å². The maximum absolute atomic E-state index is 12.5. The highest BCUT2D eigenvalue weighted by Gasteiger charge is 2.25. The van der Waals surface area contributed by atoms with E-state index in [1.807, 2.05) is 18.2 Å². The van der Waals surface area contributed by atoms with E-state index < -0.39 is 0 Å². The first-order valence-corrected chi connectivity index (χ1v) is 10.0. The number of benzene rings is 2. The number of hydrogen-bond acceptors (Lipinski definition) is 5. The number of ether oxygens (including phenoxy) is 3. The van der Waals surface area contributed by atoms with Gasteiger partial charge < -0.3 is 24.4 Å². The number of nitrogens with zero attached hydrogens (tertiary/aromatic N) is 1. The van der Waals surface area contributed by atoms with Crippen LogP contribution in [-0.4, -0.2) is 46.4 Å². The summed E-state index contributed by atoms with van der Waals surface area (Å²) in [5, 5.41) is 3.11. The van der Waals surface area contributed by atoms with Gasteiger partial charge in [-0.3, -0.25) is 4.79 Å². The standard InChI is InChI=1S/C23H30N2O4/c1-27-19-14-21(28-2)20(22(15-19)29-3)11-12-23(26)24-16-18-10-7-13-25(18)17-8-5-4-6-9-17/h4-6,8-9,14-15,18H,7,10-13,16H2,1-3H3,(H,24,26)/t18-/m0/s1. The molecule has 29 heavy (non-hydrogen) atoms. The summed E-state index contributed by atoms with van der Waals surface area (Å²) in [6, 6.07) is 14.4. The van der Waals surface area contributed by atoms with Crippen molar-refractivity contribution in [3.05, 3.63) is 48.0 Å². The molecule has 0 saturated carbocycles. The number of carbonyl (C=O) groups excluding carboxylic acids is 1. The predicted molar refractivity (Wildman–Crippen MR) is 114 cm³/mol. The Morgan fingerprint density at radius 3 is 2.38 bits per heavy atom. The number of rotatable bonds is 9. The zero-order chi connectivity index (χ0) is 20.6. The van der Waals surface area contributed by atoms with E-state index in [0.29, 0.717) is 42.7 Å². The lowest BCUT2D eigenvalue weighted by Gasteiger charge is -2.27. The van der Waals surface area contributed by atoms with Gasteiger partial charge in [-0.15, -0.1) is 0 Å². The molecule has 1 heterocycles. The third-order valence-corrected chi connectivity index (χ3v) is 5.42. The second-order valence-corrected chi connectivity index (χ2v) is 7.14. The van der Waals surface area contributed by atoms with Crippen LogP contribution in [0.5, 0.6) is 17.2 Å². The fourth-order valence-corrected chi connectivity index (χ4v) is 3.89. The van der Waals surface area contributed by atoms with Crippen molar-refractivity contribution in [2.45, 2.75) is 31.7 Å². The van der Waals surface area contributed by atoms with Gasteiger partial charge in [0.15, 0.2) is 0 Å². The number of amides is 1. The molecule has 6 nitrogen and oxygen atoms in total. The summed E-state index contributed by atoms with van der Waals surface area (Å²) in [4.78, 5) is 14.9. The zero-order valence-electron chi connectivity index (χ0n) is 17.4.